The number of carbonyl (C=O) groups is 1. The SMILES string of the molecule is [B]C(CCCC)(CN1CCCCC1)C(=O)O. The molecule has 2 radical (unpaired) electrons. The van der Waals surface area contributed by atoms with E-state index in [0.717, 1.165) is 25.9 Å². The summed E-state index contributed by atoms with van der Waals surface area (Å²) < 4.78 is 0. The van der Waals surface area contributed by atoms with E-state index >= 15 is 0 Å². The van der Waals surface area contributed by atoms with Crippen LogP contribution in [0.5, 0.6) is 0 Å². The van der Waals surface area contributed by atoms with Crippen molar-refractivity contribution in [3.8, 4) is 0 Å². The lowest BCUT2D eigenvalue weighted by Gasteiger charge is -2.35. The number of piperidine rings is 1. The van der Waals surface area contributed by atoms with Crippen LogP contribution in [0.3, 0.4) is 0 Å². The van der Waals surface area contributed by atoms with Crippen molar-refractivity contribution in [1.82, 2.24) is 4.90 Å². The minimum atomic E-state index is -1.05. The molecule has 1 atom stereocenters. The quantitative estimate of drug-likeness (QED) is 0.701. The highest BCUT2D eigenvalue weighted by atomic mass is 16.4. The molecule has 4 heteroatoms. The molecule has 1 aliphatic heterocycles. The summed E-state index contributed by atoms with van der Waals surface area (Å²) in [6.07, 6.45) is 6.06. The second kappa shape index (κ2) is 6.28. The predicted molar refractivity (Wildman–Crippen MR) is 65.9 cm³/mol. The first-order valence-corrected chi connectivity index (χ1v) is 6.33. The number of hydrogen-bond acceptors (Lipinski definition) is 2. The lowest BCUT2D eigenvalue weighted by Crippen LogP contribution is -2.41. The van der Waals surface area contributed by atoms with E-state index in [4.69, 9.17) is 7.85 Å². The zero-order valence-electron chi connectivity index (χ0n) is 10.2. The van der Waals surface area contributed by atoms with Crippen molar-refractivity contribution in [2.45, 2.75) is 50.8 Å². The minimum Gasteiger partial charge on any atom is -0.481 e. The van der Waals surface area contributed by atoms with Crippen LogP contribution in [-0.2, 0) is 4.79 Å². The smallest absolute Gasteiger partial charge is 0.301 e. The Labute approximate surface area is 99.6 Å². The average Bonchev–Trinajstić information content (AvgIpc) is 2.27. The molecule has 1 aliphatic rings. The Bertz CT molecular complexity index is 229. The predicted octanol–water partition coefficient (Wildman–Crippen LogP) is 2.07. The molecular formula is C12H22BNO2. The average molecular weight is 223 g/mol. The monoisotopic (exact) mass is 223 g/mol. The third-order valence-electron chi connectivity index (χ3n) is 3.36. The molecule has 1 heterocycles. The van der Waals surface area contributed by atoms with Gasteiger partial charge >= 0.3 is 5.97 Å². The summed E-state index contributed by atoms with van der Waals surface area (Å²) in [5.74, 6) is -0.855. The summed E-state index contributed by atoms with van der Waals surface area (Å²) in [7, 11) is 6.02. The van der Waals surface area contributed by atoms with Crippen LogP contribution >= 0.6 is 0 Å². The molecule has 90 valence electrons. The van der Waals surface area contributed by atoms with Gasteiger partial charge in [-0.2, -0.15) is 0 Å². The third-order valence-corrected chi connectivity index (χ3v) is 3.36. The van der Waals surface area contributed by atoms with Crippen LogP contribution in [0.25, 0.3) is 0 Å². The number of unbranched alkanes of at least 4 members (excludes halogenated alkanes) is 1. The van der Waals surface area contributed by atoms with Crippen molar-refractivity contribution in [2.75, 3.05) is 19.6 Å². The Hall–Kier alpha value is -0.505. The van der Waals surface area contributed by atoms with Gasteiger partial charge in [0, 0.05) is 11.9 Å². The van der Waals surface area contributed by atoms with Crippen LogP contribution in [0.2, 0.25) is 5.31 Å². The van der Waals surface area contributed by atoms with Gasteiger partial charge in [0.05, 0.1) is 7.85 Å². The number of aliphatic carboxylic acids is 1. The fourth-order valence-corrected chi connectivity index (χ4v) is 2.26. The molecule has 3 nitrogen and oxygen atoms in total. The minimum absolute atomic E-state index is 0.502. The molecule has 1 N–H and O–H groups in total. The molecule has 1 unspecified atom stereocenters. The van der Waals surface area contributed by atoms with Gasteiger partial charge in [-0.3, -0.25) is 4.79 Å². The highest BCUT2D eigenvalue weighted by Gasteiger charge is 2.33. The van der Waals surface area contributed by atoms with Crippen molar-refractivity contribution in [2.24, 2.45) is 0 Å². The number of carboxylic acids is 1. The van der Waals surface area contributed by atoms with Gasteiger partial charge in [-0.15, -0.1) is 0 Å². The van der Waals surface area contributed by atoms with Crippen molar-refractivity contribution < 1.29 is 9.90 Å². The second-order valence-electron chi connectivity index (χ2n) is 4.90. The molecule has 1 fully saturated rings. The maximum atomic E-state index is 11.2. The van der Waals surface area contributed by atoms with E-state index in [1.165, 1.54) is 19.3 Å². The summed E-state index contributed by atoms with van der Waals surface area (Å²) in [6, 6.07) is 0. The number of rotatable bonds is 6. The summed E-state index contributed by atoms with van der Waals surface area (Å²) in [4.78, 5) is 13.5. The molecule has 0 spiro atoms. The Balaban J connectivity index is 2.51. The molecule has 0 saturated carbocycles. The Morgan fingerprint density at radius 3 is 2.50 bits per heavy atom. The zero-order valence-corrected chi connectivity index (χ0v) is 10.2. The molecule has 16 heavy (non-hydrogen) atoms. The molecule has 0 amide bonds. The number of carboxylic acid groups (broad SMARTS) is 1. The first-order valence-electron chi connectivity index (χ1n) is 6.33. The van der Waals surface area contributed by atoms with Crippen LogP contribution in [0, 0.1) is 0 Å². The van der Waals surface area contributed by atoms with E-state index in [1.807, 2.05) is 0 Å². The molecule has 1 saturated heterocycles. The zero-order chi connectivity index (χ0) is 12.0. The molecule has 0 bridgehead atoms. The molecule has 0 aromatic rings. The van der Waals surface area contributed by atoms with Gasteiger partial charge in [-0.1, -0.05) is 26.2 Å². The maximum Gasteiger partial charge on any atom is 0.301 e. The van der Waals surface area contributed by atoms with Crippen LogP contribution < -0.4 is 0 Å². The van der Waals surface area contributed by atoms with E-state index < -0.39 is 11.3 Å². The van der Waals surface area contributed by atoms with Gasteiger partial charge in [0.25, 0.3) is 0 Å². The van der Waals surface area contributed by atoms with Crippen LogP contribution in [0.15, 0.2) is 0 Å². The molecule has 0 aliphatic carbocycles. The van der Waals surface area contributed by atoms with Gasteiger partial charge in [0.2, 0.25) is 0 Å². The Morgan fingerprint density at radius 1 is 1.38 bits per heavy atom. The fourth-order valence-electron chi connectivity index (χ4n) is 2.26. The van der Waals surface area contributed by atoms with Gasteiger partial charge in [-0.25, -0.2) is 0 Å². The molecular weight excluding hydrogens is 201 g/mol. The second-order valence-corrected chi connectivity index (χ2v) is 4.90. The first kappa shape index (κ1) is 13.6. The number of hydrogen-bond donors (Lipinski definition) is 1. The third kappa shape index (κ3) is 3.82. The fraction of sp³-hybridized carbons (Fsp3) is 0.917. The molecule has 0 aromatic carbocycles. The normalized spacial score (nSPS) is 21.6. The van der Waals surface area contributed by atoms with E-state index in [1.54, 1.807) is 0 Å². The molecule has 0 aromatic heterocycles. The van der Waals surface area contributed by atoms with Gasteiger partial charge < -0.3 is 10.0 Å². The van der Waals surface area contributed by atoms with Crippen LogP contribution in [-0.4, -0.2) is 43.5 Å². The van der Waals surface area contributed by atoms with Gasteiger partial charge in [-0.05, 0) is 32.4 Å². The first-order chi connectivity index (χ1) is 7.58. The lowest BCUT2D eigenvalue weighted by molar-refractivity contribution is -0.141. The topological polar surface area (TPSA) is 40.5 Å². The van der Waals surface area contributed by atoms with E-state index in [2.05, 4.69) is 11.8 Å². The van der Waals surface area contributed by atoms with Crippen LogP contribution in [0.1, 0.15) is 45.4 Å². The molecule has 1 rings (SSSR count). The largest absolute Gasteiger partial charge is 0.481 e. The number of nitrogens with zero attached hydrogens (tertiary/aromatic N) is 1. The van der Waals surface area contributed by atoms with Crippen LogP contribution in [0.4, 0.5) is 0 Å². The van der Waals surface area contributed by atoms with Crippen molar-refractivity contribution in [1.29, 1.82) is 0 Å². The standard InChI is InChI=1S/C12H22BNO2/c1-2-3-7-12(13,11(15)16)10-14-8-5-4-6-9-14/h2-10H2,1H3,(H,15,16). The summed E-state index contributed by atoms with van der Waals surface area (Å²) >= 11 is 0. The van der Waals surface area contributed by atoms with Gasteiger partial charge in [0.1, 0.15) is 0 Å². The summed E-state index contributed by atoms with van der Waals surface area (Å²) in [5.41, 5.74) is 0. The lowest BCUT2D eigenvalue weighted by atomic mass is 9.65. The highest BCUT2D eigenvalue weighted by molar-refractivity contribution is 6.26. The van der Waals surface area contributed by atoms with E-state index in [0.29, 0.717) is 13.0 Å². The van der Waals surface area contributed by atoms with Crippen molar-refractivity contribution in [3.63, 3.8) is 0 Å². The Morgan fingerprint density at radius 2 is 2.00 bits per heavy atom. The Kier molecular flexibility index (Phi) is 5.33. The maximum absolute atomic E-state index is 11.2. The summed E-state index contributed by atoms with van der Waals surface area (Å²) in [5, 5.41) is 8.19. The summed E-state index contributed by atoms with van der Waals surface area (Å²) in [6.45, 7) is 4.56. The van der Waals surface area contributed by atoms with E-state index in [9.17, 15) is 9.90 Å². The van der Waals surface area contributed by atoms with E-state index in [-0.39, 0.29) is 0 Å². The van der Waals surface area contributed by atoms with Crippen molar-refractivity contribution in [3.05, 3.63) is 0 Å². The number of likely N-dealkylation sites (tertiary alicyclic amines) is 1. The van der Waals surface area contributed by atoms with Crippen molar-refractivity contribution >= 4 is 13.8 Å². The van der Waals surface area contributed by atoms with Gasteiger partial charge in [0.15, 0.2) is 0 Å². The highest BCUT2D eigenvalue weighted by Crippen LogP contribution is 2.31.